The van der Waals surface area contributed by atoms with Crippen LogP contribution in [0, 0.1) is 0 Å². The van der Waals surface area contributed by atoms with Crippen molar-refractivity contribution in [3.8, 4) is 5.75 Å². The molecule has 6 nitrogen and oxygen atoms in total. The van der Waals surface area contributed by atoms with Crippen molar-refractivity contribution in [1.82, 2.24) is 16.2 Å². The van der Waals surface area contributed by atoms with Gasteiger partial charge in [-0.1, -0.05) is 39.1 Å². The zero-order valence-electron chi connectivity index (χ0n) is 13.3. The molecule has 11 heteroatoms. The molecular weight excluding hydrogens is 545 g/mol. The zero-order valence-corrected chi connectivity index (χ0v) is 18.8. The normalized spacial score (nSPS) is 10.1. The maximum absolute atomic E-state index is 12.1. The van der Waals surface area contributed by atoms with E-state index in [0.717, 1.165) is 4.47 Å². The van der Waals surface area contributed by atoms with Crippen molar-refractivity contribution in [2.24, 2.45) is 0 Å². The summed E-state index contributed by atoms with van der Waals surface area (Å²) in [5.74, 6) is -0.536. The number of benzene rings is 2. The van der Waals surface area contributed by atoms with E-state index in [2.05, 4.69) is 48.0 Å². The van der Waals surface area contributed by atoms with Crippen molar-refractivity contribution in [3.05, 3.63) is 61.0 Å². The van der Waals surface area contributed by atoms with Crippen molar-refractivity contribution < 1.29 is 14.3 Å². The first kappa shape index (κ1) is 21.9. The third-order valence-electron chi connectivity index (χ3n) is 2.97. The molecule has 0 aliphatic heterocycles. The summed E-state index contributed by atoms with van der Waals surface area (Å²) in [4.78, 5) is 23.9. The highest BCUT2D eigenvalue weighted by molar-refractivity contribution is 9.11. The van der Waals surface area contributed by atoms with E-state index in [1.54, 1.807) is 18.2 Å². The lowest BCUT2D eigenvalue weighted by molar-refractivity contribution is -0.123. The molecule has 0 aliphatic rings. The molecule has 2 aromatic carbocycles. The van der Waals surface area contributed by atoms with Crippen molar-refractivity contribution in [2.75, 3.05) is 6.61 Å². The summed E-state index contributed by atoms with van der Waals surface area (Å²) in [5.41, 5.74) is 4.92. The number of hydrogen-bond acceptors (Lipinski definition) is 4. The Hall–Kier alpha value is -1.39. The van der Waals surface area contributed by atoms with E-state index in [0.29, 0.717) is 15.2 Å². The zero-order chi connectivity index (χ0) is 20.0. The number of halogens is 4. The van der Waals surface area contributed by atoms with E-state index in [4.69, 9.17) is 40.2 Å². The molecule has 0 atom stereocenters. The van der Waals surface area contributed by atoms with Gasteiger partial charge in [-0.2, -0.15) is 0 Å². The Kier molecular flexibility index (Phi) is 8.30. The standard InChI is InChI=1S/C16H11Br2Cl2N3O3S/c17-8-1-4-13(11(18)5-8)26-7-14(24)22-23-16(27)21-15(25)10-3-2-9(19)6-12(10)20/h1-6H,7H2,(H,22,24)(H2,21,23,25,27). The van der Waals surface area contributed by atoms with Gasteiger partial charge in [-0.15, -0.1) is 0 Å². The van der Waals surface area contributed by atoms with Gasteiger partial charge < -0.3 is 4.74 Å². The first-order chi connectivity index (χ1) is 12.8. The van der Waals surface area contributed by atoms with Crippen LogP contribution >= 0.6 is 67.3 Å². The van der Waals surface area contributed by atoms with Crippen molar-refractivity contribution in [2.45, 2.75) is 0 Å². The Bertz CT molecular complexity index is 899. The lowest BCUT2D eigenvalue weighted by atomic mass is 10.2. The number of amides is 2. The van der Waals surface area contributed by atoms with Crippen LogP contribution in [-0.4, -0.2) is 23.5 Å². The van der Waals surface area contributed by atoms with Gasteiger partial charge in [0.25, 0.3) is 11.8 Å². The molecule has 142 valence electrons. The van der Waals surface area contributed by atoms with E-state index < -0.39 is 11.8 Å². The predicted octanol–water partition coefficient (Wildman–Crippen LogP) is 4.23. The number of carbonyl (C=O) groups is 2. The average Bonchev–Trinajstić information content (AvgIpc) is 2.59. The molecule has 0 aliphatic carbocycles. The molecule has 0 bridgehead atoms. The van der Waals surface area contributed by atoms with Gasteiger partial charge >= 0.3 is 0 Å². The number of hydrazine groups is 1. The largest absolute Gasteiger partial charge is 0.483 e. The minimum absolute atomic E-state index is 0.107. The van der Waals surface area contributed by atoms with Crippen LogP contribution in [0.4, 0.5) is 0 Å². The summed E-state index contributed by atoms with van der Waals surface area (Å²) in [6.07, 6.45) is 0. The van der Waals surface area contributed by atoms with E-state index in [9.17, 15) is 9.59 Å². The maximum Gasteiger partial charge on any atom is 0.276 e. The summed E-state index contributed by atoms with van der Waals surface area (Å²) in [7, 11) is 0. The van der Waals surface area contributed by atoms with Gasteiger partial charge in [0, 0.05) is 9.50 Å². The smallest absolute Gasteiger partial charge is 0.276 e. The van der Waals surface area contributed by atoms with Crippen LogP contribution in [0.1, 0.15) is 10.4 Å². The van der Waals surface area contributed by atoms with E-state index >= 15 is 0 Å². The third-order valence-corrected chi connectivity index (χ3v) is 4.84. The van der Waals surface area contributed by atoms with Crippen LogP contribution in [0.3, 0.4) is 0 Å². The minimum atomic E-state index is -0.543. The molecular formula is C16H11Br2Cl2N3O3S. The molecule has 3 N–H and O–H groups in total. The number of ether oxygens (including phenoxy) is 1. The minimum Gasteiger partial charge on any atom is -0.483 e. The molecule has 0 radical (unpaired) electrons. The second kappa shape index (κ2) is 10.2. The molecule has 2 aromatic rings. The molecule has 0 fully saturated rings. The van der Waals surface area contributed by atoms with Crippen molar-refractivity contribution >= 4 is 84.2 Å². The number of nitrogens with one attached hydrogen (secondary N) is 3. The van der Waals surface area contributed by atoms with Gasteiger partial charge in [0.15, 0.2) is 11.7 Å². The van der Waals surface area contributed by atoms with Gasteiger partial charge in [0.2, 0.25) is 0 Å². The molecule has 0 saturated carbocycles. The van der Waals surface area contributed by atoms with Crippen LogP contribution in [0.5, 0.6) is 5.75 Å². The van der Waals surface area contributed by atoms with E-state index in [-0.39, 0.29) is 22.3 Å². The highest BCUT2D eigenvalue weighted by Gasteiger charge is 2.13. The van der Waals surface area contributed by atoms with Gasteiger partial charge in [-0.05, 0) is 64.5 Å². The highest BCUT2D eigenvalue weighted by atomic mass is 79.9. The second-order valence-corrected chi connectivity index (χ2v) is 7.97. The predicted molar refractivity (Wildman–Crippen MR) is 115 cm³/mol. The fraction of sp³-hybridized carbons (Fsp3) is 0.0625. The van der Waals surface area contributed by atoms with Crippen LogP contribution in [0.25, 0.3) is 0 Å². The van der Waals surface area contributed by atoms with Crippen molar-refractivity contribution in [1.29, 1.82) is 0 Å². The summed E-state index contributed by atoms with van der Waals surface area (Å²) < 4.78 is 6.95. The molecule has 0 saturated heterocycles. The van der Waals surface area contributed by atoms with Crippen LogP contribution in [0.2, 0.25) is 10.0 Å². The molecule has 27 heavy (non-hydrogen) atoms. The van der Waals surface area contributed by atoms with Gasteiger partial charge in [-0.25, -0.2) is 0 Å². The molecule has 2 amide bonds. The fourth-order valence-corrected chi connectivity index (χ4v) is 3.57. The van der Waals surface area contributed by atoms with Gasteiger partial charge in [-0.3, -0.25) is 25.8 Å². The van der Waals surface area contributed by atoms with E-state index in [1.165, 1.54) is 18.2 Å². The highest BCUT2D eigenvalue weighted by Crippen LogP contribution is 2.28. The first-order valence-electron chi connectivity index (χ1n) is 7.19. The summed E-state index contributed by atoms with van der Waals surface area (Å²) >= 11 is 23.3. The Labute approximate surface area is 187 Å². The number of hydrogen-bond donors (Lipinski definition) is 3. The summed E-state index contributed by atoms with van der Waals surface area (Å²) in [6, 6.07) is 9.70. The Morgan fingerprint density at radius 1 is 1.07 bits per heavy atom. The first-order valence-corrected chi connectivity index (χ1v) is 9.94. The summed E-state index contributed by atoms with van der Waals surface area (Å²) in [5, 5.41) is 2.86. The molecule has 0 spiro atoms. The van der Waals surface area contributed by atoms with Gasteiger partial charge in [0.1, 0.15) is 5.75 Å². The van der Waals surface area contributed by atoms with Gasteiger partial charge in [0.05, 0.1) is 15.1 Å². The Morgan fingerprint density at radius 3 is 2.48 bits per heavy atom. The SMILES string of the molecule is O=C(COc1ccc(Br)cc1Br)NNC(=S)NC(=O)c1ccc(Cl)cc1Cl. The molecule has 0 unspecified atom stereocenters. The lowest BCUT2D eigenvalue weighted by Gasteiger charge is -2.12. The number of carbonyl (C=O) groups excluding carboxylic acids is 2. The van der Waals surface area contributed by atoms with Crippen molar-refractivity contribution in [3.63, 3.8) is 0 Å². The average molecular weight is 556 g/mol. The monoisotopic (exact) mass is 553 g/mol. The number of thiocarbonyl (C=S) groups is 1. The Balaban J connectivity index is 1.79. The topological polar surface area (TPSA) is 79.5 Å². The van der Waals surface area contributed by atoms with Crippen LogP contribution in [0.15, 0.2) is 45.3 Å². The molecule has 0 heterocycles. The summed E-state index contributed by atoms with van der Waals surface area (Å²) in [6.45, 7) is -0.257. The number of rotatable bonds is 4. The lowest BCUT2D eigenvalue weighted by Crippen LogP contribution is -2.49. The molecule has 2 rings (SSSR count). The van der Waals surface area contributed by atoms with Crippen LogP contribution < -0.4 is 20.9 Å². The third kappa shape index (κ3) is 6.93. The maximum atomic E-state index is 12.1. The fourth-order valence-electron chi connectivity index (χ4n) is 1.77. The van der Waals surface area contributed by atoms with E-state index in [1.807, 2.05) is 0 Å². The van der Waals surface area contributed by atoms with Crippen LogP contribution in [-0.2, 0) is 4.79 Å². The Morgan fingerprint density at radius 2 is 1.81 bits per heavy atom. The second-order valence-electron chi connectivity index (χ2n) is 4.94. The molecule has 0 aromatic heterocycles. The quantitative estimate of drug-likeness (QED) is 0.389.